The topological polar surface area (TPSA) is 108 Å². The second kappa shape index (κ2) is 53.5. The second-order valence-corrected chi connectivity index (χ2v) is 21.7. The van der Waals surface area contributed by atoms with Gasteiger partial charge in [-0.3, -0.25) is 9.36 Å². The molecule has 0 fully saturated rings. The van der Waals surface area contributed by atoms with E-state index in [0.717, 1.165) is 116 Å². The molecule has 0 rings (SSSR count). The van der Waals surface area contributed by atoms with Gasteiger partial charge in [0, 0.05) is 6.42 Å². The van der Waals surface area contributed by atoms with E-state index in [-0.39, 0.29) is 19.1 Å². The summed E-state index contributed by atoms with van der Waals surface area (Å²) < 4.78 is 23.3. The Labute approximate surface area is 449 Å². The summed E-state index contributed by atoms with van der Waals surface area (Å²) in [4.78, 5) is 25.5. The summed E-state index contributed by atoms with van der Waals surface area (Å²) in [5, 5.41) is 14.0. The van der Waals surface area contributed by atoms with Crippen LogP contribution in [0.5, 0.6) is 0 Å². The smallest absolute Gasteiger partial charge is 0.268 e. The van der Waals surface area contributed by atoms with Gasteiger partial charge in [0.25, 0.3) is 7.82 Å². The van der Waals surface area contributed by atoms with Crippen molar-refractivity contribution in [3.63, 3.8) is 0 Å². The Bertz CT molecular complexity index is 1640. The molecule has 1 amide bonds. The minimum atomic E-state index is -4.59. The summed E-state index contributed by atoms with van der Waals surface area (Å²) >= 11 is 0. The number of hydrogen-bond donors (Lipinski definition) is 2. The van der Waals surface area contributed by atoms with E-state index in [1.165, 1.54) is 70.6 Å². The summed E-state index contributed by atoms with van der Waals surface area (Å²) in [7, 11) is 1.26. The van der Waals surface area contributed by atoms with Crippen molar-refractivity contribution in [3.8, 4) is 0 Å². The summed E-state index contributed by atoms with van der Waals surface area (Å²) in [6, 6.07) is -0.828. The first-order valence-corrected chi connectivity index (χ1v) is 30.5. The summed E-state index contributed by atoms with van der Waals surface area (Å²) in [6.07, 6.45) is 80.6. The molecule has 73 heavy (non-hydrogen) atoms. The first kappa shape index (κ1) is 69.6. The molecule has 3 atom stereocenters. The van der Waals surface area contributed by atoms with Gasteiger partial charge in [0.05, 0.1) is 39.9 Å². The Balaban J connectivity index is 4.23. The average molecular weight is 1030 g/mol. The predicted molar refractivity (Wildman–Crippen MR) is 315 cm³/mol. The minimum Gasteiger partial charge on any atom is -0.756 e. The van der Waals surface area contributed by atoms with Crippen molar-refractivity contribution in [1.29, 1.82) is 0 Å². The fourth-order valence-corrected chi connectivity index (χ4v) is 8.35. The number of likely N-dealkylation sites (N-methyl/N-ethyl adjacent to an activating group) is 1. The van der Waals surface area contributed by atoms with Crippen LogP contribution in [0.25, 0.3) is 0 Å². The average Bonchev–Trinajstić information content (AvgIpc) is 3.35. The molecule has 2 N–H and O–H groups in total. The largest absolute Gasteiger partial charge is 0.756 e. The molecular weight excluding hydrogens is 924 g/mol. The molecule has 0 aromatic rings. The van der Waals surface area contributed by atoms with E-state index in [1.54, 1.807) is 0 Å². The third-order valence-corrected chi connectivity index (χ3v) is 13.1. The van der Waals surface area contributed by atoms with Gasteiger partial charge in [0.2, 0.25) is 5.91 Å². The molecule has 0 aliphatic rings. The fourth-order valence-electron chi connectivity index (χ4n) is 7.63. The summed E-state index contributed by atoms with van der Waals surface area (Å²) in [5.74, 6) is -0.202. The van der Waals surface area contributed by atoms with E-state index in [9.17, 15) is 19.4 Å². The number of quaternary nitrogens is 1. The van der Waals surface area contributed by atoms with E-state index in [4.69, 9.17) is 9.05 Å². The van der Waals surface area contributed by atoms with Crippen LogP contribution in [0.15, 0.2) is 134 Å². The number of hydrogen-bond acceptors (Lipinski definition) is 6. The lowest BCUT2D eigenvalue weighted by Crippen LogP contribution is -2.46. The van der Waals surface area contributed by atoms with E-state index in [2.05, 4.69) is 153 Å². The van der Waals surface area contributed by atoms with Gasteiger partial charge in [0.15, 0.2) is 0 Å². The zero-order valence-corrected chi connectivity index (χ0v) is 48.2. The van der Waals surface area contributed by atoms with Crippen molar-refractivity contribution in [2.24, 2.45) is 0 Å². The van der Waals surface area contributed by atoms with Crippen molar-refractivity contribution in [2.45, 2.75) is 225 Å². The highest BCUT2D eigenvalue weighted by atomic mass is 31.2. The number of carbonyl (C=O) groups is 1. The standard InChI is InChI=1S/C64H109N2O6P/c1-6-8-10-12-14-16-18-20-22-23-24-25-26-27-28-29-30-31-32-33-34-35-36-37-38-39-40-41-42-43-44-46-48-50-52-54-56-58-64(68)65-62(61-72-73(69,70)71-60-59-66(3,4)5)63(67)57-55-53-51-49-47-45-21-19-17-15-13-11-9-7-2/h8,10,14,16,20,22,24-25,27-28,30-31,33-34,36-37,39-40,42-43,46,48,62-63,67H,6-7,9,11-13,15,17-19,21,23,26,29,32,35,38,41,44-45,47,49-61H2,1-5H3,(H-,65,68,69,70)/b10-8-,16-14-,22-20-,25-24-,28-27-,31-30-,34-33-,37-36-,40-39-,43-42-,48-46-. The number of allylic oxidation sites excluding steroid dienone is 22. The van der Waals surface area contributed by atoms with Crippen LogP contribution in [0.4, 0.5) is 0 Å². The molecule has 0 aliphatic carbocycles. The predicted octanol–water partition coefficient (Wildman–Crippen LogP) is 17.3. The number of aliphatic hydroxyl groups is 1. The van der Waals surface area contributed by atoms with Gasteiger partial charge in [-0.25, -0.2) is 0 Å². The lowest BCUT2D eigenvalue weighted by atomic mass is 10.0. The molecule has 9 heteroatoms. The van der Waals surface area contributed by atoms with Gasteiger partial charge in [-0.05, 0) is 96.3 Å². The first-order valence-electron chi connectivity index (χ1n) is 29.0. The van der Waals surface area contributed by atoms with Crippen LogP contribution in [0.2, 0.25) is 0 Å². The highest BCUT2D eigenvalue weighted by Crippen LogP contribution is 2.38. The monoisotopic (exact) mass is 1030 g/mol. The lowest BCUT2D eigenvalue weighted by Gasteiger charge is -2.30. The Hall–Kier alpha value is -3.36. The molecule has 0 spiro atoms. The molecule has 3 unspecified atom stereocenters. The Morgan fingerprint density at radius 2 is 0.836 bits per heavy atom. The van der Waals surface area contributed by atoms with Crippen molar-refractivity contribution in [1.82, 2.24) is 5.32 Å². The van der Waals surface area contributed by atoms with Crippen LogP contribution >= 0.6 is 7.82 Å². The number of unbranched alkanes of at least 4 members (excludes halogenated alkanes) is 16. The third kappa shape index (κ3) is 56.2. The highest BCUT2D eigenvalue weighted by molar-refractivity contribution is 7.45. The molecule has 0 saturated heterocycles. The Kier molecular flexibility index (Phi) is 51.0. The number of nitrogens with zero attached hydrogens (tertiary/aromatic N) is 1. The van der Waals surface area contributed by atoms with Gasteiger partial charge in [-0.15, -0.1) is 0 Å². The SMILES string of the molecule is CC/C=C\C/C=C\C/C=C\C/C=C\C/C=C\C/C=C\C/C=C\C/C=C\C/C=C\C/C=C\C/C=C\CCCCCC(=O)NC(COP(=O)([O-])OCC[N+](C)(C)C)C(O)CCCCCCCCCCCCCCCC. The Morgan fingerprint density at radius 3 is 1.21 bits per heavy atom. The lowest BCUT2D eigenvalue weighted by molar-refractivity contribution is -0.870. The molecule has 0 bridgehead atoms. The molecule has 8 nitrogen and oxygen atoms in total. The maximum Gasteiger partial charge on any atom is 0.268 e. The van der Waals surface area contributed by atoms with E-state index < -0.39 is 20.0 Å². The van der Waals surface area contributed by atoms with E-state index in [1.807, 2.05) is 21.1 Å². The quantitative estimate of drug-likeness (QED) is 0.0272. The van der Waals surface area contributed by atoms with Crippen LogP contribution in [0.3, 0.4) is 0 Å². The van der Waals surface area contributed by atoms with Crippen LogP contribution in [0.1, 0.15) is 213 Å². The number of carbonyl (C=O) groups excluding carboxylic acids is 1. The molecule has 0 aliphatic heterocycles. The van der Waals surface area contributed by atoms with Crippen LogP contribution in [-0.4, -0.2) is 68.5 Å². The molecule has 0 heterocycles. The third-order valence-electron chi connectivity index (χ3n) is 12.2. The van der Waals surface area contributed by atoms with Crippen molar-refractivity contribution in [2.75, 3.05) is 40.9 Å². The van der Waals surface area contributed by atoms with Gasteiger partial charge >= 0.3 is 0 Å². The van der Waals surface area contributed by atoms with Gasteiger partial charge in [0.1, 0.15) is 13.2 Å². The molecule has 0 aromatic heterocycles. The van der Waals surface area contributed by atoms with Crippen molar-refractivity contribution in [3.05, 3.63) is 134 Å². The maximum atomic E-state index is 13.0. The number of phosphoric ester groups is 1. The fraction of sp³-hybridized carbons (Fsp3) is 0.641. The summed E-state index contributed by atoms with van der Waals surface area (Å²) in [5.41, 5.74) is 0. The van der Waals surface area contributed by atoms with Gasteiger partial charge < -0.3 is 28.8 Å². The zero-order valence-electron chi connectivity index (χ0n) is 47.3. The zero-order chi connectivity index (χ0) is 53.5. The van der Waals surface area contributed by atoms with Crippen LogP contribution in [-0.2, 0) is 18.4 Å². The highest BCUT2D eigenvalue weighted by Gasteiger charge is 2.24. The van der Waals surface area contributed by atoms with Crippen molar-refractivity contribution >= 4 is 13.7 Å². The minimum absolute atomic E-state index is 0.00178. The second-order valence-electron chi connectivity index (χ2n) is 20.3. The number of rotatable bonds is 51. The molecular formula is C64H109N2O6P. The van der Waals surface area contributed by atoms with E-state index >= 15 is 0 Å². The van der Waals surface area contributed by atoms with E-state index in [0.29, 0.717) is 23.9 Å². The van der Waals surface area contributed by atoms with Gasteiger partial charge in [-0.1, -0.05) is 244 Å². The molecule has 0 saturated carbocycles. The molecule has 416 valence electrons. The normalized spacial score (nSPS) is 14.9. The summed E-state index contributed by atoms with van der Waals surface area (Å²) in [6.45, 7) is 4.56. The Morgan fingerprint density at radius 1 is 0.493 bits per heavy atom. The van der Waals surface area contributed by atoms with Crippen LogP contribution in [0, 0.1) is 0 Å². The molecule has 0 aromatic carbocycles. The number of aliphatic hydroxyl groups excluding tert-OH is 1. The van der Waals surface area contributed by atoms with Crippen LogP contribution < -0.4 is 10.2 Å². The first-order chi connectivity index (χ1) is 35.5. The maximum absolute atomic E-state index is 13.0. The van der Waals surface area contributed by atoms with Gasteiger partial charge in [-0.2, -0.15) is 0 Å². The van der Waals surface area contributed by atoms with Crippen molar-refractivity contribution < 1.29 is 32.9 Å². The number of phosphoric acid groups is 1. The molecule has 0 radical (unpaired) electrons. The number of amides is 1. The number of nitrogens with one attached hydrogen (secondary N) is 1.